The molecule has 4 nitrogen and oxygen atoms in total. The highest BCUT2D eigenvalue weighted by Crippen LogP contribution is 2.33. The molecule has 2 rings (SSSR count). The van der Waals surface area contributed by atoms with Gasteiger partial charge in [-0.05, 0) is 19.8 Å². The Bertz CT molecular complexity index is 367. The van der Waals surface area contributed by atoms with Crippen LogP contribution in [0, 0.1) is 0 Å². The topological polar surface area (TPSA) is 46.1 Å². The Morgan fingerprint density at radius 1 is 1.62 bits per heavy atom. The molecule has 1 atom stereocenters. The average Bonchev–Trinajstić information content (AvgIpc) is 3.14. The molecule has 1 saturated carbocycles. The van der Waals surface area contributed by atoms with Gasteiger partial charge in [-0.25, -0.2) is 0 Å². The molecule has 0 radical (unpaired) electrons. The summed E-state index contributed by atoms with van der Waals surface area (Å²) in [6.45, 7) is 1.97. The summed E-state index contributed by atoms with van der Waals surface area (Å²) in [5.41, 5.74) is 0.813. The standard InChI is InChI=1S/C11H14ClN3O/c1-8(10-7-13-4-5-14-10)15(9-2-3-9)11(16)6-12/h4-5,7-9H,2-3,6H2,1H3/t8-/m1/s1. The van der Waals surface area contributed by atoms with E-state index in [0.717, 1.165) is 18.5 Å². The van der Waals surface area contributed by atoms with Gasteiger partial charge in [0, 0.05) is 18.4 Å². The molecular weight excluding hydrogens is 226 g/mol. The van der Waals surface area contributed by atoms with Gasteiger partial charge in [0.2, 0.25) is 5.91 Å². The third-order valence-electron chi connectivity index (χ3n) is 2.77. The molecular formula is C11H14ClN3O. The SMILES string of the molecule is C[C@H](c1cnccn1)N(C(=O)CCl)C1CC1. The van der Waals surface area contributed by atoms with Crippen LogP contribution in [0.5, 0.6) is 0 Å². The fourth-order valence-corrected chi connectivity index (χ4v) is 1.96. The highest BCUT2D eigenvalue weighted by Gasteiger charge is 2.36. The minimum atomic E-state index is -0.0487. The van der Waals surface area contributed by atoms with Crippen LogP contribution in [0.15, 0.2) is 18.6 Å². The highest BCUT2D eigenvalue weighted by atomic mass is 35.5. The third-order valence-corrected chi connectivity index (χ3v) is 3.00. The average molecular weight is 240 g/mol. The molecule has 0 bridgehead atoms. The van der Waals surface area contributed by atoms with E-state index < -0.39 is 0 Å². The lowest BCUT2D eigenvalue weighted by Gasteiger charge is -2.28. The van der Waals surface area contributed by atoms with Crippen molar-refractivity contribution < 1.29 is 4.79 Å². The van der Waals surface area contributed by atoms with E-state index in [9.17, 15) is 4.79 Å². The molecule has 1 aliphatic rings. The van der Waals surface area contributed by atoms with Crippen LogP contribution in [-0.4, -0.2) is 32.7 Å². The summed E-state index contributed by atoms with van der Waals surface area (Å²) in [5, 5.41) is 0. The van der Waals surface area contributed by atoms with E-state index in [1.165, 1.54) is 0 Å². The number of hydrogen-bond acceptors (Lipinski definition) is 3. The number of aromatic nitrogens is 2. The van der Waals surface area contributed by atoms with Crippen molar-refractivity contribution in [3.63, 3.8) is 0 Å². The first-order valence-corrected chi connectivity index (χ1v) is 5.90. The zero-order valence-corrected chi connectivity index (χ0v) is 9.89. The fourth-order valence-electron chi connectivity index (χ4n) is 1.83. The zero-order chi connectivity index (χ0) is 11.5. The largest absolute Gasteiger partial charge is 0.330 e. The summed E-state index contributed by atoms with van der Waals surface area (Å²) in [5.74, 6) is 0.00324. The number of amides is 1. The Hall–Kier alpha value is -1.16. The monoisotopic (exact) mass is 239 g/mol. The van der Waals surface area contributed by atoms with Gasteiger partial charge in [0.25, 0.3) is 0 Å². The number of nitrogens with zero attached hydrogens (tertiary/aromatic N) is 3. The normalized spacial score (nSPS) is 16.9. The number of rotatable bonds is 4. The van der Waals surface area contributed by atoms with E-state index in [4.69, 9.17) is 11.6 Å². The molecule has 0 aliphatic heterocycles. The number of halogens is 1. The van der Waals surface area contributed by atoms with E-state index in [0.29, 0.717) is 6.04 Å². The van der Waals surface area contributed by atoms with Gasteiger partial charge in [0.1, 0.15) is 5.88 Å². The van der Waals surface area contributed by atoms with Gasteiger partial charge in [0.15, 0.2) is 0 Å². The van der Waals surface area contributed by atoms with Crippen molar-refractivity contribution in [2.24, 2.45) is 0 Å². The molecule has 1 aliphatic carbocycles. The van der Waals surface area contributed by atoms with E-state index in [1.54, 1.807) is 18.6 Å². The number of alkyl halides is 1. The minimum absolute atomic E-state index is 0.0256. The maximum Gasteiger partial charge on any atom is 0.238 e. The molecule has 0 saturated heterocycles. The second kappa shape index (κ2) is 4.78. The van der Waals surface area contributed by atoms with Crippen LogP contribution in [-0.2, 0) is 4.79 Å². The summed E-state index contributed by atoms with van der Waals surface area (Å²) in [6, 6.07) is 0.288. The first-order chi connectivity index (χ1) is 7.74. The van der Waals surface area contributed by atoms with Crippen LogP contribution in [0.4, 0.5) is 0 Å². The van der Waals surface area contributed by atoms with Gasteiger partial charge in [-0.1, -0.05) is 0 Å². The van der Waals surface area contributed by atoms with Crippen molar-refractivity contribution >= 4 is 17.5 Å². The Labute approximate surface area is 99.6 Å². The van der Waals surface area contributed by atoms with E-state index in [1.807, 2.05) is 11.8 Å². The maximum absolute atomic E-state index is 11.8. The van der Waals surface area contributed by atoms with Gasteiger partial charge in [-0.2, -0.15) is 0 Å². The Morgan fingerprint density at radius 3 is 2.88 bits per heavy atom. The summed E-state index contributed by atoms with van der Waals surface area (Å²) in [7, 11) is 0. The van der Waals surface area contributed by atoms with Crippen molar-refractivity contribution in [3.05, 3.63) is 24.3 Å². The first kappa shape index (κ1) is 11.3. The second-order valence-corrected chi connectivity index (χ2v) is 4.24. The summed E-state index contributed by atoms with van der Waals surface area (Å²) >= 11 is 5.62. The number of hydrogen-bond donors (Lipinski definition) is 0. The molecule has 1 amide bonds. The van der Waals surface area contributed by atoms with Crippen LogP contribution in [0.25, 0.3) is 0 Å². The molecule has 5 heteroatoms. The molecule has 1 heterocycles. The van der Waals surface area contributed by atoms with Crippen molar-refractivity contribution in [2.45, 2.75) is 31.8 Å². The van der Waals surface area contributed by atoms with Crippen LogP contribution in [0.1, 0.15) is 31.5 Å². The minimum Gasteiger partial charge on any atom is -0.330 e. The van der Waals surface area contributed by atoms with Gasteiger partial charge in [-0.15, -0.1) is 11.6 Å². The van der Waals surface area contributed by atoms with Crippen LogP contribution in [0.3, 0.4) is 0 Å². The number of carbonyl (C=O) groups is 1. The quantitative estimate of drug-likeness (QED) is 0.753. The molecule has 1 aromatic heterocycles. The lowest BCUT2D eigenvalue weighted by atomic mass is 10.2. The van der Waals surface area contributed by atoms with E-state index in [-0.39, 0.29) is 17.8 Å². The third kappa shape index (κ3) is 2.32. The smallest absolute Gasteiger partial charge is 0.238 e. The Morgan fingerprint density at radius 2 is 2.38 bits per heavy atom. The van der Waals surface area contributed by atoms with Crippen LogP contribution < -0.4 is 0 Å². The van der Waals surface area contributed by atoms with E-state index >= 15 is 0 Å². The molecule has 0 N–H and O–H groups in total. The van der Waals surface area contributed by atoms with Gasteiger partial charge in [-0.3, -0.25) is 14.8 Å². The molecule has 86 valence electrons. The van der Waals surface area contributed by atoms with Crippen molar-refractivity contribution in [3.8, 4) is 0 Å². The molecule has 0 unspecified atom stereocenters. The predicted molar refractivity (Wildman–Crippen MR) is 61.0 cm³/mol. The molecule has 0 aromatic carbocycles. The van der Waals surface area contributed by atoms with Crippen molar-refractivity contribution in [1.82, 2.24) is 14.9 Å². The molecule has 16 heavy (non-hydrogen) atoms. The predicted octanol–water partition coefficient (Wildman–Crippen LogP) is 1.77. The Balaban J connectivity index is 2.17. The first-order valence-electron chi connectivity index (χ1n) is 5.37. The van der Waals surface area contributed by atoms with Gasteiger partial charge in [0.05, 0.1) is 17.9 Å². The fraction of sp³-hybridized carbons (Fsp3) is 0.545. The van der Waals surface area contributed by atoms with Crippen molar-refractivity contribution in [2.75, 3.05) is 5.88 Å². The summed E-state index contributed by atoms with van der Waals surface area (Å²) in [6.07, 6.45) is 7.09. The lowest BCUT2D eigenvalue weighted by Crippen LogP contribution is -2.36. The zero-order valence-electron chi connectivity index (χ0n) is 9.14. The molecule has 1 fully saturated rings. The van der Waals surface area contributed by atoms with Crippen molar-refractivity contribution in [1.29, 1.82) is 0 Å². The van der Waals surface area contributed by atoms with Crippen LogP contribution in [0.2, 0.25) is 0 Å². The van der Waals surface area contributed by atoms with Gasteiger partial charge >= 0.3 is 0 Å². The summed E-state index contributed by atoms with van der Waals surface area (Å²) < 4.78 is 0. The van der Waals surface area contributed by atoms with E-state index in [2.05, 4.69) is 9.97 Å². The lowest BCUT2D eigenvalue weighted by molar-refractivity contribution is -0.131. The second-order valence-electron chi connectivity index (χ2n) is 3.97. The Kier molecular flexibility index (Phi) is 3.39. The maximum atomic E-state index is 11.8. The van der Waals surface area contributed by atoms with Crippen LogP contribution >= 0.6 is 11.6 Å². The van der Waals surface area contributed by atoms with Gasteiger partial charge < -0.3 is 4.90 Å². The molecule has 0 spiro atoms. The highest BCUT2D eigenvalue weighted by molar-refractivity contribution is 6.27. The molecule has 1 aromatic rings. The number of carbonyl (C=O) groups excluding carboxylic acids is 1. The summed E-state index contributed by atoms with van der Waals surface area (Å²) in [4.78, 5) is 21.8.